The molecule has 0 radical (unpaired) electrons. The molecular formula is C34H38N8O. The Hall–Kier alpha value is -4.47. The number of hydrogen-bond acceptors (Lipinski definition) is 6. The summed E-state index contributed by atoms with van der Waals surface area (Å²) >= 11 is 0. The minimum atomic E-state index is -0.220. The zero-order valence-electron chi connectivity index (χ0n) is 24.8. The lowest BCUT2D eigenvalue weighted by molar-refractivity contribution is 0.120. The quantitative estimate of drug-likeness (QED) is 0.233. The van der Waals surface area contributed by atoms with E-state index < -0.39 is 0 Å². The molecule has 2 aliphatic rings. The number of aromatic nitrogens is 4. The lowest BCUT2D eigenvalue weighted by atomic mass is 9.98. The third kappa shape index (κ3) is 5.30. The standard InChI is InChI=1S/C34H38N8O/c1-3-40-15-13-26(14-16-40)41-17-11-23(12-18-41)30-19-28-31(38-33(35)39-32(28)36-30)27-9-6-10-29(22(27)2)37-34(43)42-20-24-7-4-5-8-25(24)21-42/h4-11,19-21,26H,3,12-18H2,1-2H3,(H,37,43)(H3,35,36,38,39). The Morgan fingerprint density at radius 3 is 2.51 bits per heavy atom. The summed E-state index contributed by atoms with van der Waals surface area (Å²) in [5, 5.41) is 6.03. The largest absolute Gasteiger partial charge is 0.368 e. The molecule has 1 amide bonds. The molecule has 0 spiro atoms. The number of nitrogen functional groups attached to an aromatic ring is 1. The molecule has 1 fully saturated rings. The smallest absolute Gasteiger partial charge is 0.330 e. The lowest BCUT2D eigenvalue weighted by Crippen LogP contribution is -2.46. The Morgan fingerprint density at radius 2 is 1.81 bits per heavy atom. The van der Waals surface area contributed by atoms with Crippen molar-refractivity contribution in [3.8, 4) is 11.3 Å². The van der Waals surface area contributed by atoms with Crippen molar-refractivity contribution < 1.29 is 4.79 Å². The summed E-state index contributed by atoms with van der Waals surface area (Å²) in [5.41, 5.74) is 12.6. The first-order valence-corrected chi connectivity index (χ1v) is 15.3. The van der Waals surface area contributed by atoms with Gasteiger partial charge in [0.1, 0.15) is 5.65 Å². The number of aromatic amines is 1. The van der Waals surface area contributed by atoms with Crippen molar-refractivity contribution in [2.45, 2.75) is 39.2 Å². The van der Waals surface area contributed by atoms with Crippen LogP contribution >= 0.6 is 0 Å². The Bertz CT molecular complexity index is 1810. The molecule has 0 aliphatic carbocycles. The van der Waals surface area contributed by atoms with Gasteiger partial charge in [0.25, 0.3) is 0 Å². The summed E-state index contributed by atoms with van der Waals surface area (Å²) in [4.78, 5) is 31.1. The number of nitrogens with zero attached hydrogens (tertiary/aromatic N) is 5. The summed E-state index contributed by atoms with van der Waals surface area (Å²) < 4.78 is 1.59. The van der Waals surface area contributed by atoms with Crippen molar-refractivity contribution in [1.82, 2.24) is 29.3 Å². The predicted molar refractivity (Wildman–Crippen MR) is 174 cm³/mol. The lowest BCUT2D eigenvalue weighted by Gasteiger charge is -2.39. The van der Waals surface area contributed by atoms with E-state index in [1.807, 2.05) is 61.8 Å². The van der Waals surface area contributed by atoms with Gasteiger partial charge in [-0.25, -0.2) is 9.78 Å². The number of nitrogens with one attached hydrogen (secondary N) is 2. The number of carbonyl (C=O) groups excluding carboxylic acids is 1. The van der Waals surface area contributed by atoms with E-state index in [1.165, 1.54) is 31.5 Å². The fraction of sp³-hybridized carbons (Fsp3) is 0.324. The highest BCUT2D eigenvalue weighted by molar-refractivity contribution is 5.99. The molecule has 4 N–H and O–H groups in total. The highest BCUT2D eigenvalue weighted by atomic mass is 16.2. The normalized spacial score (nSPS) is 17.0. The molecule has 0 saturated carbocycles. The molecule has 9 heteroatoms. The van der Waals surface area contributed by atoms with Crippen LogP contribution in [-0.2, 0) is 0 Å². The maximum atomic E-state index is 13.2. The average Bonchev–Trinajstić information content (AvgIpc) is 3.67. The molecule has 220 valence electrons. The highest BCUT2D eigenvalue weighted by Gasteiger charge is 2.26. The number of hydrogen-bond donors (Lipinski definition) is 3. The van der Waals surface area contributed by atoms with Gasteiger partial charge in [0, 0.05) is 53.9 Å². The molecular weight excluding hydrogens is 536 g/mol. The molecule has 2 aliphatic heterocycles. The van der Waals surface area contributed by atoms with Crippen molar-refractivity contribution in [3.63, 3.8) is 0 Å². The van der Waals surface area contributed by atoms with Crippen LogP contribution in [0.5, 0.6) is 0 Å². The third-order valence-corrected chi connectivity index (χ3v) is 9.23. The Labute approximate surface area is 251 Å². The summed E-state index contributed by atoms with van der Waals surface area (Å²) in [7, 11) is 0. The topological polar surface area (TPSA) is 108 Å². The maximum absolute atomic E-state index is 13.2. The fourth-order valence-corrected chi connectivity index (χ4v) is 6.67. The van der Waals surface area contributed by atoms with Gasteiger partial charge in [0.2, 0.25) is 5.95 Å². The van der Waals surface area contributed by atoms with E-state index in [1.54, 1.807) is 4.57 Å². The van der Waals surface area contributed by atoms with Gasteiger partial charge in [-0.05, 0) is 79.9 Å². The molecule has 43 heavy (non-hydrogen) atoms. The van der Waals surface area contributed by atoms with Crippen LogP contribution < -0.4 is 11.1 Å². The maximum Gasteiger partial charge on any atom is 0.330 e. The van der Waals surface area contributed by atoms with Crippen LogP contribution in [0.15, 0.2) is 67.0 Å². The number of likely N-dealkylation sites (tertiary alicyclic amines) is 1. The average molecular weight is 575 g/mol. The molecule has 0 unspecified atom stereocenters. The number of carbonyl (C=O) groups is 1. The first-order valence-electron chi connectivity index (χ1n) is 15.3. The van der Waals surface area contributed by atoms with Crippen molar-refractivity contribution >= 4 is 45.0 Å². The molecule has 9 nitrogen and oxygen atoms in total. The van der Waals surface area contributed by atoms with Crippen LogP contribution in [0.25, 0.3) is 38.6 Å². The first-order chi connectivity index (χ1) is 21.0. The van der Waals surface area contributed by atoms with Gasteiger partial charge in [-0.3, -0.25) is 9.47 Å². The van der Waals surface area contributed by atoms with E-state index in [4.69, 9.17) is 5.73 Å². The zero-order chi connectivity index (χ0) is 29.5. The summed E-state index contributed by atoms with van der Waals surface area (Å²) in [6, 6.07) is 16.4. The monoisotopic (exact) mass is 574 g/mol. The van der Waals surface area contributed by atoms with Crippen LogP contribution in [0, 0.1) is 6.92 Å². The highest BCUT2D eigenvalue weighted by Crippen LogP contribution is 2.35. The molecule has 2 aromatic carbocycles. The SMILES string of the molecule is CCN1CCC(N2CC=C(c3cc4c(-c5cccc(NC(=O)n6cc7ccccc7c6)c5C)nc(N)nc4[nH]3)CC2)CC1. The Morgan fingerprint density at radius 1 is 1.05 bits per heavy atom. The van der Waals surface area contributed by atoms with Crippen molar-refractivity contribution in [3.05, 3.63) is 78.3 Å². The molecule has 3 aromatic heterocycles. The third-order valence-electron chi connectivity index (χ3n) is 9.23. The number of rotatable bonds is 5. The van der Waals surface area contributed by atoms with Gasteiger partial charge in [-0.2, -0.15) is 4.98 Å². The second kappa shape index (κ2) is 11.3. The molecule has 5 heterocycles. The van der Waals surface area contributed by atoms with Gasteiger partial charge >= 0.3 is 6.03 Å². The number of fused-ring (bicyclic) bond motifs is 2. The summed E-state index contributed by atoms with van der Waals surface area (Å²) in [6.07, 6.45) is 9.55. The molecule has 5 aromatic rings. The van der Waals surface area contributed by atoms with Crippen LogP contribution in [0.4, 0.5) is 16.4 Å². The minimum Gasteiger partial charge on any atom is -0.368 e. The number of nitrogens with two attached hydrogens (primary N) is 1. The predicted octanol–water partition coefficient (Wildman–Crippen LogP) is 6.12. The van der Waals surface area contributed by atoms with E-state index in [9.17, 15) is 4.79 Å². The van der Waals surface area contributed by atoms with E-state index in [0.717, 1.165) is 76.1 Å². The van der Waals surface area contributed by atoms with Crippen molar-refractivity contribution in [1.29, 1.82) is 0 Å². The van der Waals surface area contributed by atoms with Crippen LogP contribution in [0.1, 0.15) is 37.4 Å². The van der Waals surface area contributed by atoms with Gasteiger partial charge in [0.05, 0.1) is 5.69 Å². The van der Waals surface area contributed by atoms with Gasteiger partial charge in [0.15, 0.2) is 0 Å². The Kier molecular flexibility index (Phi) is 7.20. The molecule has 0 bridgehead atoms. The van der Waals surface area contributed by atoms with E-state index >= 15 is 0 Å². The van der Waals surface area contributed by atoms with Crippen molar-refractivity contribution in [2.75, 3.05) is 43.8 Å². The van der Waals surface area contributed by atoms with E-state index in [-0.39, 0.29) is 12.0 Å². The summed E-state index contributed by atoms with van der Waals surface area (Å²) in [6.45, 7) is 9.84. The van der Waals surface area contributed by atoms with Crippen molar-refractivity contribution in [2.24, 2.45) is 0 Å². The molecule has 7 rings (SSSR count). The van der Waals surface area contributed by atoms with E-state index in [2.05, 4.69) is 49.1 Å². The van der Waals surface area contributed by atoms with Gasteiger partial charge in [-0.15, -0.1) is 0 Å². The molecule has 0 atom stereocenters. The second-order valence-corrected chi connectivity index (χ2v) is 11.7. The van der Waals surface area contributed by atoms with Gasteiger partial charge in [-0.1, -0.05) is 49.4 Å². The number of benzene rings is 2. The minimum absolute atomic E-state index is 0.214. The molecule has 1 saturated heterocycles. The Balaban J connectivity index is 1.14. The number of amides is 1. The first kappa shape index (κ1) is 27.4. The van der Waals surface area contributed by atoms with Crippen LogP contribution in [0.3, 0.4) is 0 Å². The fourth-order valence-electron chi connectivity index (χ4n) is 6.67. The number of H-pyrrole nitrogens is 1. The summed E-state index contributed by atoms with van der Waals surface area (Å²) in [5.74, 6) is 0.214. The number of piperidine rings is 1. The number of anilines is 2. The van der Waals surface area contributed by atoms with Crippen LogP contribution in [0.2, 0.25) is 0 Å². The second-order valence-electron chi connectivity index (χ2n) is 11.7. The van der Waals surface area contributed by atoms with E-state index in [0.29, 0.717) is 6.04 Å². The van der Waals surface area contributed by atoms with Gasteiger partial charge < -0.3 is 20.9 Å². The van der Waals surface area contributed by atoms with Crippen LogP contribution in [-0.4, -0.2) is 74.1 Å². The zero-order valence-corrected chi connectivity index (χ0v) is 24.8.